The molecule has 0 saturated heterocycles. The van der Waals surface area contributed by atoms with Crippen molar-refractivity contribution >= 4 is 5.91 Å². The number of amides is 1. The van der Waals surface area contributed by atoms with Crippen LogP contribution in [0.2, 0.25) is 0 Å². The minimum absolute atomic E-state index is 0.213. The van der Waals surface area contributed by atoms with Crippen LogP contribution < -0.4 is 0 Å². The van der Waals surface area contributed by atoms with E-state index in [1.807, 2.05) is 0 Å². The Labute approximate surface area is 122 Å². The molecule has 112 valence electrons. The molecule has 21 heavy (non-hydrogen) atoms. The summed E-state index contributed by atoms with van der Waals surface area (Å²) in [6.45, 7) is 0.314. The third-order valence-electron chi connectivity index (χ3n) is 3.91. The van der Waals surface area contributed by atoms with E-state index in [-0.39, 0.29) is 11.6 Å². The average molecular weight is 290 g/mol. The Bertz CT molecular complexity index is 611. The number of rotatable bonds is 4. The molecule has 0 radical (unpaired) electrons. The lowest BCUT2D eigenvalue weighted by Crippen LogP contribution is -2.42. The Balaban J connectivity index is 1.70. The van der Waals surface area contributed by atoms with Crippen molar-refractivity contribution in [2.45, 2.75) is 31.3 Å². The van der Waals surface area contributed by atoms with Gasteiger partial charge in [-0.1, -0.05) is 18.0 Å². The highest BCUT2D eigenvalue weighted by Gasteiger charge is 2.34. The Morgan fingerprint density at radius 3 is 2.86 bits per heavy atom. The molecule has 1 amide bonds. The zero-order chi connectivity index (χ0) is 14.9. The van der Waals surface area contributed by atoms with Crippen molar-refractivity contribution in [3.63, 3.8) is 0 Å². The quantitative estimate of drug-likeness (QED) is 0.934. The third kappa shape index (κ3) is 2.85. The van der Waals surface area contributed by atoms with E-state index in [1.165, 1.54) is 11.2 Å². The van der Waals surface area contributed by atoms with Crippen molar-refractivity contribution in [1.82, 2.24) is 10.1 Å². The van der Waals surface area contributed by atoms with Gasteiger partial charge in [-0.05, 0) is 25.0 Å². The SMILES string of the molecule is CN(CC1(O)CCCC1)C(=O)c1cc(-c2ccco2)on1. The molecule has 2 heterocycles. The lowest BCUT2D eigenvalue weighted by Gasteiger charge is -2.28. The van der Waals surface area contributed by atoms with Crippen molar-refractivity contribution in [1.29, 1.82) is 0 Å². The number of furan rings is 1. The maximum absolute atomic E-state index is 12.3. The molecule has 1 saturated carbocycles. The predicted molar refractivity (Wildman–Crippen MR) is 74.6 cm³/mol. The topological polar surface area (TPSA) is 79.7 Å². The molecular weight excluding hydrogens is 272 g/mol. The molecular formula is C15H18N2O4. The molecule has 1 aliphatic carbocycles. The van der Waals surface area contributed by atoms with Gasteiger partial charge in [0.1, 0.15) is 0 Å². The Kier molecular flexibility index (Phi) is 3.55. The number of hydrogen-bond acceptors (Lipinski definition) is 5. The zero-order valence-corrected chi connectivity index (χ0v) is 11.9. The van der Waals surface area contributed by atoms with Gasteiger partial charge in [-0.2, -0.15) is 0 Å². The summed E-state index contributed by atoms with van der Waals surface area (Å²) >= 11 is 0. The van der Waals surface area contributed by atoms with Gasteiger partial charge in [0.05, 0.1) is 11.9 Å². The maximum Gasteiger partial charge on any atom is 0.275 e. The van der Waals surface area contributed by atoms with Crippen LogP contribution in [0.4, 0.5) is 0 Å². The van der Waals surface area contributed by atoms with E-state index >= 15 is 0 Å². The third-order valence-corrected chi connectivity index (χ3v) is 3.91. The number of nitrogens with zero attached hydrogens (tertiary/aromatic N) is 2. The second-order valence-corrected chi connectivity index (χ2v) is 5.65. The van der Waals surface area contributed by atoms with Crippen LogP contribution in [0, 0.1) is 0 Å². The lowest BCUT2D eigenvalue weighted by atomic mass is 10.0. The second-order valence-electron chi connectivity index (χ2n) is 5.65. The molecule has 3 rings (SSSR count). The Hall–Kier alpha value is -2.08. The average Bonchev–Trinajstić information content (AvgIpc) is 3.18. The van der Waals surface area contributed by atoms with E-state index in [9.17, 15) is 9.90 Å². The van der Waals surface area contributed by atoms with E-state index in [4.69, 9.17) is 8.94 Å². The number of carbonyl (C=O) groups excluding carboxylic acids is 1. The number of likely N-dealkylation sites (N-methyl/N-ethyl adjacent to an activating group) is 1. The minimum Gasteiger partial charge on any atom is -0.461 e. The van der Waals surface area contributed by atoms with Crippen LogP contribution in [-0.4, -0.2) is 40.3 Å². The van der Waals surface area contributed by atoms with E-state index in [1.54, 1.807) is 25.2 Å². The molecule has 1 N–H and O–H groups in total. The molecule has 2 aromatic rings. The van der Waals surface area contributed by atoms with Gasteiger partial charge in [0.2, 0.25) is 5.76 Å². The van der Waals surface area contributed by atoms with Crippen LogP contribution in [0.15, 0.2) is 33.4 Å². The van der Waals surface area contributed by atoms with Crippen molar-refractivity contribution in [3.05, 3.63) is 30.2 Å². The first-order valence-electron chi connectivity index (χ1n) is 7.06. The molecule has 1 aliphatic rings. The Morgan fingerprint density at radius 1 is 1.43 bits per heavy atom. The van der Waals surface area contributed by atoms with Gasteiger partial charge < -0.3 is 18.9 Å². The summed E-state index contributed by atoms with van der Waals surface area (Å²) in [7, 11) is 1.67. The van der Waals surface area contributed by atoms with Crippen LogP contribution in [0.5, 0.6) is 0 Å². The molecule has 2 aromatic heterocycles. The molecule has 6 nitrogen and oxygen atoms in total. The fraction of sp³-hybridized carbons (Fsp3) is 0.467. The summed E-state index contributed by atoms with van der Waals surface area (Å²) in [6.07, 6.45) is 5.01. The molecule has 0 aliphatic heterocycles. The summed E-state index contributed by atoms with van der Waals surface area (Å²) in [5.74, 6) is 0.673. The first-order chi connectivity index (χ1) is 10.1. The summed E-state index contributed by atoms with van der Waals surface area (Å²) in [6, 6.07) is 5.02. The van der Waals surface area contributed by atoms with E-state index in [0.29, 0.717) is 18.1 Å². The number of carbonyl (C=O) groups is 1. The molecule has 0 bridgehead atoms. The van der Waals surface area contributed by atoms with Gasteiger partial charge in [0.25, 0.3) is 5.91 Å². The molecule has 0 aromatic carbocycles. The fourth-order valence-electron chi connectivity index (χ4n) is 2.81. The summed E-state index contributed by atoms with van der Waals surface area (Å²) < 4.78 is 10.3. The van der Waals surface area contributed by atoms with Crippen molar-refractivity contribution in [3.8, 4) is 11.5 Å². The largest absolute Gasteiger partial charge is 0.461 e. The predicted octanol–water partition coefficient (Wildman–Crippen LogP) is 2.31. The standard InChI is InChI=1S/C15H18N2O4/c1-17(10-15(19)6-2-3-7-15)14(18)11-9-13(21-16-11)12-5-4-8-20-12/h4-5,8-9,19H,2-3,6-7,10H2,1H3. The van der Waals surface area contributed by atoms with Crippen molar-refractivity contribution < 1.29 is 18.8 Å². The van der Waals surface area contributed by atoms with E-state index in [2.05, 4.69) is 5.16 Å². The lowest BCUT2D eigenvalue weighted by molar-refractivity contribution is 0.0153. The van der Waals surface area contributed by atoms with E-state index in [0.717, 1.165) is 25.7 Å². The normalized spacial score (nSPS) is 17.0. The van der Waals surface area contributed by atoms with Crippen LogP contribution in [0.25, 0.3) is 11.5 Å². The first kappa shape index (κ1) is 13.9. The monoisotopic (exact) mass is 290 g/mol. The van der Waals surface area contributed by atoms with Gasteiger partial charge in [-0.25, -0.2) is 0 Å². The number of aromatic nitrogens is 1. The van der Waals surface area contributed by atoms with Crippen LogP contribution >= 0.6 is 0 Å². The highest BCUT2D eigenvalue weighted by molar-refractivity contribution is 5.92. The molecule has 0 unspecified atom stereocenters. The Morgan fingerprint density at radius 2 is 2.19 bits per heavy atom. The van der Waals surface area contributed by atoms with Gasteiger partial charge in [-0.15, -0.1) is 0 Å². The summed E-state index contributed by atoms with van der Waals surface area (Å²) in [4.78, 5) is 13.8. The van der Waals surface area contributed by atoms with E-state index < -0.39 is 5.60 Å². The van der Waals surface area contributed by atoms with Crippen LogP contribution in [0.3, 0.4) is 0 Å². The minimum atomic E-state index is -0.766. The van der Waals surface area contributed by atoms with Crippen molar-refractivity contribution in [2.24, 2.45) is 0 Å². The fourth-order valence-corrected chi connectivity index (χ4v) is 2.81. The van der Waals surface area contributed by atoms with Gasteiger partial charge in [0.15, 0.2) is 11.5 Å². The number of aliphatic hydroxyl groups is 1. The highest BCUT2D eigenvalue weighted by atomic mass is 16.5. The smallest absolute Gasteiger partial charge is 0.275 e. The van der Waals surface area contributed by atoms with Gasteiger partial charge in [0, 0.05) is 19.7 Å². The number of hydrogen-bond donors (Lipinski definition) is 1. The van der Waals surface area contributed by atoms with Gasteiger partial charge >= 0.3 is 0 Å². The summed E-state index contributed by atoms with van der Waals surface area (Å²) in [5, 5.41) is 14.1. The molecule has 0 atom stereocenters. The zero-order valence-electron chi connectivity index (χ0n) is 11.9. The highest BCUT2D eigenvalue weighted by Crippen LogP contribution is 2.30. The second kappa shape index (κ2) is 5.37. The van der Waals surface area contributed by atoms with Crippen LogP contribution in [0.1, 0.15) is 36.2 Å². The maximum atomic E-state index is 12.3. The first-order valence-corrected chi connectivity index (χ1v) is 7.06. The van der Waals surface area contributed by atoms with Crippen LogP contribution in [-0.2, 0) is 0 Å². The molecule has 6 heteroatoms. The van der Waals surface area contributed by atoms with Gasteiger partial charge in [-0.3, -0.25) is 4.79 Å². The molecule has 0 spiro atoms. The van der Waals surface area contributed by atoms with Crippen molar-refractivity contribution in [2.75, 3.05) is 13.6 Å². The molecule has 1 fully saturated rings. The summed E-state index contributed by atoms with van der Waals surface area (Å²) in [5.41, 5.74) is -0.552.